The number of methoxy groups -OCH3 is 1. The van der Waals surface area contributed by atoms with Crippen LogP contribution in [0.3, 0.4) is 0 Å². The Morgan fingerprint density at radius 1 is 1.17 bits per heavy atom. The van der Waals surface area contributed by atoms with Gasteiger partial charge in [-0.1, -0.05) is 26.8 Å². The van der Waals surface area contributed by atoms with Gasteiger partial charge in [0.05, 0.1) is 7.11 Å². The van der Waals surface area contributed by atoms with Crippen molar-refractivity contribution < 1.29 is 9.53 Å². The zero-order valence-electron chi connectivity index (χ0n) is 14.8. The number of ether oxygens (including phenoxy) is 1. The fraction of sp³-hybridized carbons (Fsp3) is 0.667. The topological polar surface area (TPSA) is 26.3 Å². The van der Waals surface area contributed by atoms with E-state index in [4.69, 9.17) is 4.74 Å². The number of rotatable bonds is 1. The lowest BCUT2D eigenvalue weighted by Crippen LogP contribution is -2.46. The zero-order chi connectivity index (χ0) is 16.4. The van der Waals surface area contributed by atoms with Gasteiger partial charge in [0.1, 0.15) is 11.5 Å². The predicted octanol–water partition coefficient (Wildman–Crippen LogP) is 4.76. The molecule has 1 aromatic rings. The van der Waals surface area contributed by atoms with Gasteiger partial charge in [0, 0.05) is 11.8 Å². The standard InChI is InChI=1S/C21H28O2/c1-20(2)12-18(22)21(3)10-9-16-15-8-6-14(23-4)11-13(15)5-7-17(16)19(20)21/h6,8,11,16-17,19H,5,7,9-10,12H2,1-4H3/t16-,17-,19-,21-/m1/s1. The van der Waals surface area contributed by atoms with Gasteiger partial charge in [-0.15, -0.1) is 0 Å². The zero-order valence-corrected chi connectivity index (χ0v) is 14.8. The van der Waals surface area contributed by atoms with Crippen LogP contribution in [0, 0.1) is 22.7 Å². The number of hydrogen-bond acceptors (Lipinski definition) is 2. The van der Waals surface area contributed by atoms with Crippen molar-refractivity contribution in [2.45, 2.75) is 58.8 Å². The molecule has 0 amide bonds. The molecule has 0 saturated heterocycles. The third kappa shape index (κ3) is 2.03. The third-order valence-corrected chi connectivity index (χ3v) is 7.20. The predicted molar refractivity (Wildman–Crippen MR) is 91.8 cm³/mol. The first kappa shape index (κ1) is 15.2. The number of carbonyl (C=O) groups is 1. The van der Waals surface area contributed by atoms with E-state index in [1.54, 1.807) is 7.11 Å². The van der Waals surface area contributed by atoms with E-state index < -0.39 is 0 Å². The molecular weight excluding hydrogens is 284 g/mol. The van der Waals surface area contributed by atoms with Crippen molar-refractivity contribution in [2.24, 2.45) is 22.7 Å². The number of fused-ring (bicyclic) bond motifs is 5. The molecule has 2 heteroatoms. The molecule has 0 spiro atoms. The summed E-state index contributed by atoms with van der Waals surface area (Å²) < 4.78 is 5.40. The molecule has 2 nitrogen and oxygen atoms in total. The Kier molecular flexibility index (Phi) is 3.21. The Morgan fingerprint density at radius 3 is 2.70 bits per heavy atom. The Hall–Kier alpha value is -1.31. The SMILES string of the molecule is COc1ccc2c(c1)CC[C@@H]1[C@@H]2CC[C@]2(C)C(=O)CC(C)(C)[C@@H]12. The summed E-state index contributed by atoms with van der Waals surface area (Å²) in [5.74, 6) is 3.33. The fourth-order valence-electron chi connectivity index (χ4n) is 6.37. The minimum Gasteiger partial charge on any atom is -0.497 e. The van der Waals surface area contributed by atoms with Gasteiger partial charge < -0.3 is 4.74 Å². The van der Waals surface area contributed by atoms with Crippen LogP contribution >= 0.6 is 0 Å². The molecule has 0 bridgehead atoms. The number of hydrogen-bond donors (Lipinski definition) is 0. The highest BCUT2D eigenvalue weighted by Gasteiger charge is 2.61. The van der Waals surface area contributed by atoms with Crippen LogP contribution in [0.5, 0.6) is 5.75 Å². The van der Waals surface area contributed by atoms with Crippen molar-refractivity contribution in [3.63, 3.8) is 0 Å². The smallest absolute Gasteiger partial charge is 0.139 e. The molecular formula is C21H28O2. The van der Waals surface area contributed by atoms with Crippen molar-refractivity contribution >= 4 is 5.78 Å². The van der Waals surface area contributed by atoms with E-state index in [9.17, 15) is 4.79 Å². The summed E-state index contributed by atoms with van der Waals surface area (Å²) in [6.07, 6.45) is 5.35. The molecule has 1 aromatic carbocycles. The molecule has 0 aromatic heterocycles. The van der Waals surface area contributed by atoms with Crippen molar-refractivity contribution in [1.82, 2.24) is 0 Å². The molecule has 3 aliphatic rings. The molecule has 0 heterocycles. The van der Waals surface area contributed by atoms with Gasteiger partial charge in [-0.2, -0.15) is 0 Å². The van der Waals surface area contributed by atoms with Crippen LogP contribution in [0.15, 0.2) is 18.2 Å². The van der Waals surface area contributed by atoms with E-state index in [1.807, 2.05) is 0 Å². The molecule has 2 fully saturated rings. The van der Waals surface area contributed by atoms with Crippen LogP contribution in [0.4, 0.5) is 0 Å². The Balaban J connectivity index is 1.75. The minimum atomic E-state index is -0.0748. The van der Waals surface area contributed by atoms with Crippen molar-refractivity contribution in [2.75, 3.05) is 7.11 Å². The van der Waals surface area contributed by atoms with Crippen molar-refractivity contribution in [1.29, 1.82) is 0 Å². The van der Waals surface area contributed by atoms with Crippen LogP contribution in [0.1, 0.15) is 63.5 Å². The maximum Gasteiger partial charge on any atom is 0.139 e. The average molecular weight is 312 g/mol. The molecule has 4 atom stereocenters. The van der Waals surface area contributed by atoms with E-state index in [-0.39, 0.29) is 10.8 Å². The number of Topliss-reactive ketones (excluding diaryl/α,β-unsaturated/α-hetero) is 1. The second kappa shape index (κ2) is 4.84. The molecule has 3 aliphatic carbocycles. The largest absolute Gasteiger partial charge is 0.497 e. The van der Waals surface area contributed by atoms with Crippen LogP contribution in [0.2, 0.25) is 0 Å². The van der Waals surface area contributed by atoms with Crippen molar-refractivity contribution in [3.05, 3.63) is 29.3 Å². The van der Waals surface area contributed by atoms with Crippen LogP contribution < -0.4 is 4.74 Å². The monoisotopic (exact) mass is 312 g/mol. The second-order valence-corrected chi connectivity index (χ2v) is 8.90. The van der Waals surface area contributed by atoms with Gasteiger partial charge in [0.15, 0.2) is 0 Å². The van der Waals surface area contributed by atoms with Gasteiger partial charge in [-0.25, -0.2) is 0 Å². The number of carbonyl (C=O) groups excluding carboxylic acids is 1. The maximum absolute atomic E-state index is 12.7. The highest BCUT2D eigenvalue weighted by Crippen LogP contribution is 2.65. The highest BCUT2D eigenvalue weighted by molar-refractivity contribution is 5.88. The number of benzene rings is 1. The lowest BCUT2D eigenvalue weighted by molar-refractivity contribution is -0.129. The van der Waals surface area contributed by atoms with Gasteiger partial charge in [0.2, 0.25) is 0 Å². The first-order chi connectivity index (χ1) is 10.9. The fourth-order valence-corrected chi connectivity index (χ4v) is 6.37. The Bertz CT molecular complexity index is 660. The second-order valence-electron chi connectivity index (χ2n) is 8.90. The third-order valence-electron chi connectivity index (χ3n) is 7.20. The van der Waals surface area contributed by atoms with E-state index in [2.05, 4.69) is 39.0 Å². The van der Waals surface area contributed by atoms with E-state index >= 15 is 0 Å². The molecule has 0 N–H and O–H groups in total. The number of aryl methyl sites for hydroxylation is 1. The molecule has 0 unspecified atom stereocenters. The van der Waals surface area contributed by atoms with Crippen molar-refractivity contribution in [3.8, 4) is 5.75 Å². The van der Waals surface area contributed by atoms with Crippen LogP contribution in [-0.4, -0.2) is 12.9 Å². The maximum atomic E-state index is 12.7. The van der Waals surface area contributed by atoms with Gasteiger partial charge in [-0.3, -0.25) is 4.79 Å². The Morgan fingerprint density at radius 2 is 1.96 bits per heavy atom. The Labute approximate surface area is 139 Å². The summed E-state index contributed by atoms with van der Waals surface area (Å²) in [6, 6.07) is 6.63. The summed E-state index contributed by atoms with van der Waals surface area (Å²) >= 11 is 0. The first-order valence-corrected chi connectivity index (χ1v) is 9.07. The number of ketones is 1. The highest BCUT2D eigenvalue weighted by atomic mass is 16.5. The minimum absolute atomic E-state index is 0.0748. The normalized spacial score (nSPS) is 37.7. The molecule has 4 rings (SSSR count). The van der Waals surface area contributed by atoms with E-state index in [1.165, 1.54) is 24.0 Å². The molecule has 23 heavy (non-hydrogen) atoms. The molecule has 124 valence electrons. The molecule has 0 radical (unpaired) electrons. The van der Waals surface area contributed by atoms with Crippen LogP contribution in [-0.2, 0) is 11.2 Å². The van der Waals surface area contributed by atoms with Crippen LogP contribution in [0.25, 0.3) is 0 Å². The summed E-state index contributed by atoms with van der Waals surface area (Å²) in [7, 11) is 1.74. The summed E-state index contributed by atoms with van der Waals surface area (Å²) in [5.41, 5.74) is 3.07. The summed E-state index contributed by atoms with van der Waals surface area (Å²) in [6.45, 7) is 6.91. The van der Waals surface area contributed by atoms with Gasteiger partial charge in [0.25, 0.3) is 0 Å². The lowest BCUT2D eigenvalue weighted by atomic mass is 9.52. The quantitative estimate of drug-likeness (QED) is 0.747. The molecule has 0 aliphatic heterocycles. The average Bonchev–Trinajstić information content (AvgIpc) is 2.71. The van der Waals surface area contributed by atoms with Gasteiger partial charge in [-0.05, 0) is 72.1 Å². The lowest BCUT2D eigenvalue weighted by Gasteiger charge is -2.51. The van der Waals surface area contributed by atoms with E-state index in [0.717, 1.165) is 25.0 Å². The summed E-state index contributed by atoms with van der Waals surface area (Å²) in [4.78, 5) is 12.7. The van der Waals surface area contributed by atoms with Gasteiger partial charge >= 0.3 is 0 Å². The van der Waals surface area contributed by atoms with E-state index in [0.29, 0.717) is 23.5 Å². The summed E-state index contributed by atoms with van der Waals surface area (Å²) in [5, 5.41) is 0. The molecule has 2 saturated carbocycles. The first-order valence-electron chi connectivity index (χ1n) is 9.07.